The highest BCUT2D eigenvalue weighted by Gasteiger charge is 2.08. The van der Waals surface area contributed by atoms with Crippen molar-refractivity contribution in [3.63, 3.8) is 0 Å². The van der Waals surface area contributed by atoms with Gasteiger partial charge in [-0.05, 0) is 17.7 Å². The van der Waals surface area contributed by atoms with Gasteiger partial charge < -0.3 is 14.6 Å². The SMILES string of the molecule is COc1cc(COc2csc(C(=O)O)c2)ccc1C#N. The number of benzene rings is 1. The van der Waals surface area contributed by atoms with Crippen LogP contribution in [0.5, 0.6) is 11.5 Å². The Morgan fingerprint density at radius 1 is 1.45 bits per heavy atom. The van der Waals surface area contributed by atoms with Crippen LogP contribution in [0.4, 0.5) is 0 Å². The summed E-state index contributed by atoms with van der Waals surface area (Å²) in [4.78, 5) is 11.0. The van der Waals surface area contributed by atoms with Crippen LogP contribution in [0.2, 0.25) is 0 Å². The molecule has 2 aromatic rings. The van der Waals surface area contributed by atoms with Crippen molar-refractivity contribution in [2.24, 2.45) is 0 Å². The molecule has 1 aromatic carbocycles. The summed E-state index contributed by atoms with van der Waals surface area (Å²) >= 11 is 1.11. The molecule has 20 heavy (non-hydrogen) atoms. The van der Waals surface area contributed by atoms with E-state index in [0.717, 1.165) is 16.9 Å². The molecule has 0 atom stereocenters. The van der Waals surface area contributed by atoms with Gasteiger partial charge in [-0.2, -0.15) is 5.26 Å². The van der Waals surface area contributed by atoms with Crippen molar-refractivity contribution in [2.75, 3.05) is 7.11 Å². The van der Waals surface area contributed by atoms with Gasteiger partial charge in [-0.3, -0.25) is 0 Å². The van der Waals surface area contributed by atoms with Gasteiger partial charge in [0.2, 0.25) is 0 Å². The second kappa shape index (κ2) is 6.08. The highest BCUT2D eigenvalue weighted by molar-refractivity contribution is 7.12. The summed E-state index contributed by atoms with van der Waals surface area (Å²) in [5.41, 5.74) is 1.30. The highest BCUT2D eigenvalue weighted by Crippen LogP contribution is 2.24. The molecular weight excluding hydrogens is 278 g/mol. The first kappa shape index (κ1) is 13.9. The molecule has 0 saturated heterocycles. The molecular formula is C14H11NO4S. The molecule has 1 N–H and O–H groups in total. The van der Waals surface area contributed by atoms with Gasteiger partial charge in [0.15, 0.2) is 0 Å². The average molecular weight is 289 g/mol. The number of thiophene rings is 1. The van der Waals surface area contributed by atoms with Crippen LogP contribution in [-0.4, -0.2) is 18.2 Å². The molecule has 2 rings (SSSR count). The molecule has 0 bridgehead atoms. The van der Waals surface area contributed by atoms with Crippen LogP contribution < -0.4 is 9.47 Å². The summed E-state index contributed by atoms with van der Waals surface area (Å²) < 4.78 is 10.6. The standard InChI is InChI=1S/C14H11NO4S/c1-18-12-4-9(2-3-10(12)6-15)7-19-11-5-13(14(16)17)20-8-11/h2-5,8H,7H2,1H3,(H,16,17). The van der Waals surface area contributed by atoms with Crippen molar-refractivity contribution in [3.8, 4) is 17.6 Å². The second-order valence-electron chi connectivity index (χ2n) is 3.89. The average Bonchev–Trinajstić information content (AvgIpc) is 2.94. The number of methoxy groups -OCH3 is 1. The largest absolute Gasteiger partial charge is 0.495 e. The van der Waals surface area contributed by atoms with E-state index in [4.69, 9.17) is 19.8 Å². The summed E-state index contributed by atoms with van der Waals surface area (Å²) in [6.07, 6.45) is 0. The lowest BCUT2D eigenvalue weighted by atomic mass is 10.1. The fraction of sp³-hybridized carbons (Fsp3) is 0.143. The fourth-order valence-corrected chi connectivity index (χ4v) is 2.26. The molecule has 0 amide bonds. The first-order valence-electron chi connectivity index (χ1n) is 5.65. The molecule has 0 aliphatic carbocycles. The maximum atomic E-state index is 10.8. The normalized spacial score (nSPS) is 9.80. The third-order valence-electron chi connectivity index (χ3n) is 2.58. The Hall–Kier alpha value is -2.52. The predicted octanol–water partition coefficient (Wildman–Crippen LogP) is 2.91. The first-order valence-corrected chi connectivity index (χ1v) is 6.53. The van der Waals surface area contributed by atoms with E-state index >= 15 is 0 Å². The molecule has 6 heteroatoms. The zero-order valence-corrected chi connectivity index (χ0v) is 11.4. The number of ether oxygens (including phenoxy) is 2. The number of carbonyl (C=O) groups is 1. The van der Waals surface area contributed by atoms with Gasteiger partial charge >= 0.3 is 5.97 Å². The predicted molar refractivity (Wildman–Crippen MR) is 73.3 cm³/mol. The van der Waals surface area contributed by atoms with Gasteiger partial charge in [-0.25, -0.2) is 4.79 Å². The number of aromatic carboxylic acids is 1. The first-order chi connectivity index (χ1) is 9.63. The summed E-state index contributed by atoms with van der Waals surface area (Å²) in [6, 6.07) is 8.67. The van der Waals surface area contributed by atoms with Gasteiger partial charge in [0.05, 0.1) is 12.7 Å². The van der Waals surface area contributed by atoms with Crippen LogP contribution in [0, 0.1) is 11.3 Å². The van der Waals surface area contributed by atoms with Gasteiger partial charge in [0.1, 0.15) is 29.1 Å². The molecule has 102 valence electrons. The smallest absolute Gasteiger partial charge is 0.346 e. The van der Waals surface area contributed by atoms with Gasteiger partial charge in [-0.15, -0.1) is 11.3 Å². The summed E-state index contributed by atoms with van der Waals surface area (Å²) in [5.74, 6) is 0.0331. The Balaban J connectivity index is 2.07. The second-order valence-corrected chi connectivity index (χ2v) is 4.80. The monoisotopic (exact) mass is 289 g/mol. The van der Waals surface area contributed by atoms with Crippen molar-refractivity contribution in [2.45, 2.75) is 6.61 Å². The minimum Gasteiger partial charge on any atom is -0.495 e. The number of carboxylic acids is 1. The molecule has 0 unspecified atom stereocenters. The maximum absolute atomic E-state index is 10.8. The van der Waals surface area contributed by atoms with Crippen LogP contribution >= 0.6 is 11.3 Å². The third-order valence-corrected chi connectivity index (χ3v) is 3.47. The Morgan fingerprint density at radius 3 is 2.85 bits per heavy atom. The Bertz CT molecular complexity index is 672. The van der Waals surface area contributed by atoms with E-state index in [1.54, 1.807) is 23.6 Å². The van der Waals surface area contributed by atoms with Crippen molar-refractivity contribution >= 4 is 17.3 Å². The lowest BCUT2D eigenvalue weighted by molar-refractivity contribution is 0.0702. The molecule has 0 saturated carbocycles. The van der Waals surface area contributed by atoms with Crippen LogP contribution in [0.15, 0.2) is 29.6 Å². The zero-order chi connectivity index (χ0) is 14.5. The van der Waals surface area contributed by atoms with Crippen molar-refractivity contribution in [3.05, 3.63) is 45.6 Å². The van der Waals surface area contributed by atoms with Gasteiger partial charge in [0.25, 0.3) is 0 Å². The van der Waals surface area contributed by atoms with Crippen molar-refractivity contribution in [1.29, 1.82) is 5.26 Å². The van der Waals surface area contributed by atoms with E-state index in [2.05, 4.69) is 0 Å². The van der Waals surface area contributed by atoms with E-state index in [9.17, 15) is 4.79 Å². The molecule has 1 aromatic heterocycles. The van der Waals surface area contributed by atoms with Crippen molar-refractivity contribution < 1.29 is 19.4 Å². The lowest BCUT2D eigenvalue weighted by Gasteiger charge is -2.07. The molecule has 0 spiro atoms. The van der Waals surface area contributed by atoms with E-state index in [1.165, 1.54) is 13.2 Å². The van der Waals surface area contributed by atoms with Crippen LogP contribution in [-0.2, 0) is 6.61 Å². The van der Waals surface area contributed by atoms with E-state index in [-0.39, 0.29) is 11.5 Å². The number of carboxylic acid groups (broad SMARTS) is 1. The van der Waals surface area contributed by atoms with Crippen LogP contribution in [0.1, 0.15) is 20.8 Å². The molecule has 0 aliphatic heterocycles. The number of hydrogen-bond donors (Lipinski definition) is 1. The zero-order valence-electron chi connectivity index (χ0n) is 10.6. The lowest BCUT2D eigenvalue weighted by Crippen LogP contribution is -1.97. The topological polar surface area (TPSA) is 79.6 Å². The van der Waals surface area contributed by atoms with E-state index < -0.39 is 5.97 Å². The Morgan fingerprint density at radius 2 is 2.25 bits per heavy atom. The quantitative estimate of drug-likeness (QED) is 0.915. The third kappa shape index (κ3) is 3.08. The van der Waals surface area contributed by atoms with E-state index in [0.29, 0.717) is 17.1 Å². The molecule has 0 aliphatic rings. The Labute approximate surface area is 119 Å². The van der Waals surface area contributed by atoms with E-state index in [1.807, 2.05) is 6.07 Å². The maximum Gasteiger partial charge on any atom is 0.346 e. The van der Waals surface area contributed by atoms with Crippen molar-refractivity contribution in [1.82, 2.24) is 0 Å². The molecule has 0 radical (unpaired) electrons. The highest BCUT2D eigenvalue weighted by atomic mass is 32.1. The molecule has 5 nitrogen and oxygen atoms in total. The number of nitrogens with zero attached hydrogens (tertiary/aromatic N) is 1. The minimum absolute atomic E-state index is 0.234. The van der Waals surface area contributed by atoms with Crippen LogP contribution in [0.25, 0.3) is 0 Å². The molecule has 0 fully saturated rings. The molecule has 1 heterocycles. The number of nitriles is 1. The number of rotatable bonds is 5. The summed E-state index contributed by atoms with van der Waals surface area (Å²) in [7, 11) is 1.50. The minimum atomic E-state index is -0.968. The Kier molecular flexibility index (Phi) is 4.23. The van der Waals surface area contributed by atoms with Crippen LogP contribution in [0.3, 0.4) is 0 Å². The van der Waals surface area contributed by atoms with Gasteiger partial charge in [0, 0.05) is 11.4 Å². The van der Waals surface area contributed by atoms with Gasteiger partial charge in [-0.1, -0.05) is 6.07 Å². The fourth-order valence-electron chi connectivity index (χ4n) is 1.59. The number of hydrogen-bond acceptors (Lipinski definition) is 5. The summed E-state index contributed by atoms with van der Waals surface area (Å²) in [5, 5.41) is 19.3. The summed E-state index contributed by atoms with van der Waals surface area (Å²) in [6.45, 7) is 0.276.